The van der Waals surface area contributed by atoms with Gasteiger partial charge in [0.25, 0.3) is 5.91 Å². The molecular formula is C20H32N4O2. The second kappa shape index (κ2) is 8.35. The summed E-state index contributed by atoms with van der Waals surface area (Å²) in [5.41, 5.74) is 0.643. The Hall–Kier alpha value is -1.66. The number of ether oxygens (including phenoxy) is 1. The maximum Gasteiger partial charge on any atom is 0.254 e. The molecular weight excluding hydrogens is 328 g/mol. The summed E-state index contributed by atoms with van der Waals surface area (Å²) in [4.78, 5) is 23.0. The Labute approximate surface area is 157 Å². The van der Waals surface area contributed by atoms with Crippen LogP contribution in [0.2, 0.25) is 0 Å². The van der Waals surface area contributed by atoms with Gasteiger partial charge in [-0.1, -0.05) is 0 Å². The van der Waals surface area contributed by atoms with Crippen LogP contribution in [0.4, 0.5) is 5.82 Å². The number of pyridine rings is 1. The molecule has 1 amide bonds. The maximum absolute atomic E-state index is 12.0. The Morgan fingerprint density at radius 1 is 1.19 bits per heavy atom. The van der Waals surface area contributed by atoms with Gasteiger partial charge in [0.05, 0.1) is 17.8 Å². The lowest BCUT2D eigenvalue weighted by molar-refractivity contribution is -0.0720. The molecule has 2 aliphatic rings. The third-order valence-electron chi connectivity index (χ3n) is 5.35. The van der Waals surface area contributed by atoms with Crippen molar-refractivity contribution in [2.45, 2.75) is 38.9 Å². The van der Waals surface area contributed by atoms with Crippen LogP contribution in [-0.2, 0) is 4.74 Å². The highest BCUT2D eigenvalue weighted by Crippen LogP contribution is 2.24. The second-order valence-corrected chi connectivity index (χ2v) is 8.01. The molecule has 0 aromatic carbocycles. The summed E-state index contributed by atoms with van der Waals surface area (Å²) in [6, 6.07) is 3.86. The predicted octanol–water partition coefficient (Wildman–Crippen LogP) is 2.11. The van der Waals surface area contributed by atoms with Crippen molar-refractivity contribution in [3.8, 4) is 0 Å². The monoisotopic (exact) mass is 360 g/mol. The van der Waals surface area contributed by atoms with Crippen molar-refractivity contribution < 1.29 is 9.53 Å². The summed E-state index contributed by atoms with van der Waals surface area (Å²) >= 11 is 0. The number of amides is 1. The van der Waals surface area contributed by atoms with Crippen molar-refractivity contribution in [3.05, 3.63) is 23.9 Å². The van der Waals surface area contributed by atoms with E-state index in [1.54, 1.807) is 25.2 Å². The van der Waals surface area contributed by atoms with E-state index in [2.05, 4.69) is 28.6 Å². The molecule has 1 aromatic heterocycles. The zero-order valence-electron chi connectivity index (χ0n) is 16.5. The number of nitrogens with zero attached hydrogens (tertiary/aromatic N) is 4. The van der Waals surface area contributed by atoms with Gasteiger partial charge in [-0.25, -0.2) is 4.98 Å². The van der Waals surface area contributed by atoms with Gasteiger partial charge in [-0.05, 0) is 44.7 Å². The number of morpholine rings is 1. The van der Waals surface area contributed by atoms with Crippen LogP contribution in [0, 0.1) is 5.92 Å². The summed E-state index contributed by atoms with van der Waals surface area (Å²) < 4.78 is 5.84. The van der Waals surface area contributed by atoms with Gasteiger partial charge in [-0.2, -0.15) is 0 Å². The minimum Gasteiger partial charge on any atom is -0.373 e. The molecule has 0 spiro atoms. The van der Waals surface area contributed by atoms with E-state index in [0.717, 1.165) is 37.9 Å². The van der Waals surface area contributed by atoms with E-state index in [4.69, 9.17) is 4.74 Å². The van der Waals surface area contributed by atoms with Crippen LogP contribution in [0.5, 0.6) is 0 Å². The highest BCUT2D eigenvalue weighted by atomic mass is 16.5. The van der Waals surface area contributed by atoms with Crippen molar-refractivity contribution in [2.75, 3.05) is 51.7 Å². The largest absolute Gasteiger partial charge is 0.373 e. The molecule has 1 aromatic rings. The highest BCUT2D eigenvalue weighted by Gasteiger charge is 2.27. The molecule has 2 atom stereocenters. The van der Waals surface area contributed by atoms with Crippen molar-refractivity contribution >= 4 is 11.7 Å². The fraction of sp³-hybridized carbons (Fsp3) is 0.700. The van der Waals surface area contributed by atoms with E-state index in [1.807, 2.05) is 12.1 Å². The Bertz CT molecular complexity index is 586. The van der Waals surface area contributed by atoms with Crippen LogP contribution in [0.15, 0.2) is 18.3 Å². The molecule has 2 fully saturated rings. The molecule has 0 radical (unpaired) electrons. The molecule has 6 nitrogen and oxygen atoms in total. The van der Waals surface area contributed by atoms with Crippen LogP contribution < -0.4 is 4.90 Å². The normalized spacial score (nSPS) is 25.3. The number of hydrogen-bond donors (Lipinski definition) is 0. The molecule has 0 bridgehead atoms. The molecule has 2 aliphatic heterocycles. The summed E-state index contributed by atoms with van der Waals surface area (Å²) in [6.45, 7) is 9.68. The van der Waals surface area contributed by atoms with E-state index >= 15 is 0 Å². The third-order valence-corrected chi connectivity index (χ3v) is 5.35. The SMILES string of the molecule is CC1CN(CC2CCN(c3ccc(C(=O)N(C)C)cn3)CC2)CC(C)O1. The number of anilines is 1. The average molecular weight is 361 g/mol. The van der Waals surface area contributed by atoms with Crippen LogP contribution in [0.25, 0.3) is 0 Å². The first-order valence-corrected chi connectivity index (χ1v) is 9.73. The number of hydrogen-bond acceptors (Lipinski definition) is 5. The predicted molar refractivity (Wildman–Crippen MR) is 104 cm³/mol. The molecule has 2 unspecified atom stereocenters. The first-order chi connectivity index (χ1) is 12.4. The number of rotatable bonds is 4. The molecule has 0 aliphatic carbocycles. The van der Waals surface area contributed by atoms with E-state index in [-0.39, 0.29) is 5.91 Å². The number of aromatic nitrogens is 1. The van der Waals surface area contributed by atoms with Crippen molar-refractivity contribution in [2.24, 2.45) is 5.92 Å². The molecule has 26 heavy (non-hydrogen) atoms. The van der Waals surface area contributed by atoms with Crippen molar-refractivity contribution in [1.29, 1.82) is 0 Å². The van der Waals surface area contributed by atoms with Crippen LogP contribution in [0.3, 0.4) is 0 Å². The summed E-state index contributed by atoms with van der Waals surface area (Å²) in [5.74, 6) is 1.72. The Morgan fingerprint density at radius 3 is 2.38 bits per heavy atom. The average Bonchev–Trinajstić information content (AvgIpc) is 2.61. The number of piperidine rings is 1. The Balaban J connectivity index is 1.50. The molecule has 144 valence electrons. The lowest BCUT2D eigenvalue weighted by atomic mass is 9.95. The van der Waals surface area contributed by atoms with Gasteiger partial charge in [0.15, 0.2) is 0 Å². The zero-order valence-corrected chi connectivity index (χ0v) is 16.5. The fourth-order valence-electron chi connectivity index (χ4n) is 4.10. The summed E-state index contributed by atoms with van der Waals surface area (Å²) in [7, 11) is 3.52. The quantitative estimate of drug-likeness (QED) is 0.823. The van der Waals surface area contributed by atoms with E-state index < -0.39 is 0 Å². The molecule has 0 saturated carbocycles. The van der Waals surface area contributed by atoms with E-state index in [9.17, 15) is 4.79 Å². The maximum atomic E-state index is 12.0. The van der Waals surface area contributed by atoms with Crippen molar-refractivity contribution in [3.63, 3.8) is 0 Å². The first-order valence-electron chi connectivity index (χ1n) is 9.73. The van der Waals surface area contributed by atoms with Gasteiger partial charge in [0.2, 0.25) is 0 Å². The molecule has 2 saturated heterocycles. The minimum atomic E-state index is -0.00303. The number of carbonyl (C=O) groups excluding carboxylic acids is 1. The number of carbonyl (C=O) groups is 1. The van der Waals surface area contributed by atoms with Crippen LogP contribution in [-0.4, -0.2) is 79.7 Å². The van der Waals surface area contributed by atoms with E-state index in [0.29, 0.717) is 17.8 Å². The molecule has 3 rings (SSSR count). The van der Waals surface area contributed by atoms with Crippen molar-refractivity contribution in [1.82, 2.24) is 14.8 Å². The summed E-state index contributed by atoms with van der Waals surface area (Å²) in [5, 5.41) is 0. The smallest absolute Gasteiger partial charge is 0.254 e. The summed E-state index contributed by atoms with van der Waals surface area (Å²) in [6.07, 6.45) is 4.76. The molecule has 6 heteroatoms. The van der Waals surface area contributed by atoms with Gasteiger partial charge in [0, 0.05) is 53.0 Å². The lowest BCUT2D eigenvalue weighted by Gasteiger charge is -2.39. The Morgan fingerprint density at radius 2 is 1.85 bits per heavy atom. The molecule has 3 heterocycles. The van der Waals surface area contributed by atoms with Crippen LogP contribution >= 0.6 is 0 Å². The Kier molecular flexibility index (Phi) is 6.14. The third kappa shape index (κ3) is 4.74. The highest BCUT2D eigenvalue weighted by molar-refractivity contribution is 5.93. The fourth-order valence-corrected chi connectivity index (χ4v) is 4.10. The first kappa shape index (κ1) is 19.1. The van der Waals surface area contributed by atoms with Gasteiger partial charge in [-0.15, -0.1) is 0 Å². The van der Waals surface area contributed by atoms with Gasteiger partial charge in [0.1, 0.15) is 5.82 Å². The second-order valence-electron chi connectivity index (χ2n) is 8.01. The molecule has 0 N–H and O–H groups in total. The zero-order chi connectivity index (χ0) is 18.7. The minimum absolute atomic E-state index is 0.00303. The van der Waals surface area contributed by atoms with E-state index in [1.165, 1.54) is 19.4 Å². The topological polar surface area (TPSA) is 48.9 Å². The lowest BCUT2D eigenvalue weighted by Crippen LogP contribution is -2.48. The van der Waals surface area contributed by atoms with Crippen LogP contribution in [0.1, 0.15) is 37.0 Å². The standard InChI is InChI=1S/C20H32N4O2/c1-15-12-23(13-16(2)26-15)14-17-7-9-24(10-8-17)19-6-5-18(11-21-19)20(25)22(3)4/h5-6,11,15-17H,7-10,12-14H2,1-4H3. The van der Waals surface area contributed by atoms with Gasteiger partial charge < -0.3 is 14.5 Å². The van der Waals surface area contributed by atoms with Gasteiger partial charge >= 0.3 is 0 Å². The van der Waals surface area contributed by atoms with Gasteiger partial charge in [-0.3, -0.25) is 9.69 Å².